The van der Waals surface area contributed by atoms with Crippen molar-refractivity contribution in [3.8, 4) is 0 Å². The van der Waals surface area contributed by atoms with E-state index in [4.69, 9.17) is 0 Å². The number of nitrogens with zero attached hydrogens (tertiary/aromatic N) is 2. The Bertz CT molecular complexity index is 305. The number of piperazine rings is 1. The molecule has 112 valence electrons. The first-order valence-corrected chi connectivity index (χ1v) is 7.91. The Morgan fingerprint density at radius 3 is 2.58 bits per heavy atom. The number of aliphatic hydroxyl groups excluding tert-OH is 1. The van der Waals surface area contributed by atoms with Crippen LogP contribution in [0.5, 0.6) is 0 Å². The first kappa shape index (κ1) is 15.3. The zero-order chi connectivity index (χ0) is 14.1. The summed E-state index contributed by atoms with van der Waals surface area (Å²) in [7, 11) is 2.22. The fourth-order valence-corrected chi connectivity index (χ4v) is 4.06. The Hall–Kier alpha value is -0.120. The van der Waals surface area contributed by atoms with Gasteiger partial charge in [-0.2, -0.15) is 0 Å². The van der Waals surface area contributed by atoms with Crippen molar-refractivity contribution in [2.24, 2.45) is 11.3 Å². The van der Waals surface area contributed by atoms with Crippen LogP contribution in [0, 0.1) is 11.3 Å². The molecule has 1 heterocycles. The third kappa shape index (κ3) is 3.50. The van der Waals surface area contributed by atoms with Crippen LogP contribution in [0.2, 0.25) is 0 Å². The molecule has 1 saturated carbocycles. The van der Waals surface area contributed by atoms with Crippen molar-refractivity contribution in [1.29, 1.82) is 0 Å². The zero-order valence-corrected chi connectivity index (χ0v) is 13.3. The predicted molar refractivity (Wildman–Crippen MR) is 80.3 cm³/mol. The van der Waals surface area contributed by atoms with Crippen molar-refractivity contribution in [2.75, 3.05) is 39.8 Å². The van der Waals surface area contributed by atoms with E-state index in [9.17, 15) is 5.11 Å². The second kappa shape index (κ2) is 5.71. The molecule has 1 N–H and O–H groups in total. The summed E-state index contributed by atoms with van der Waals surface area (Å²) in [5.41, 5.74) is 0.429. The van der Waals surface area contributed by atoms with Gasteiger partial charge < -0.3 is 5.11 Å². The van der Waals surface area contributed by atoms with Gasteiger partial charge in [-0.3, -0.25) is 9.80 Å². The molecule has 1 aliphatic heterocycles. The summed E-state index contributed by atoms with van der Waals surface area (Å²) in [6, 6.07) is 0. The molecule has 19 heavy (non-hydrogen) atoms. The highest BCUT2D eigenvalue weighted by Crippen LogP contribution is 2.40. The molecule has 0 bridgehead atoms. The van der Waals surface area contributed by atoms with E-state index in [1.54, 1.807) is 0 Å². The average molecular weight is 268 g/mol. The quantitative estimate of drug-likeness (QED) is 0.850. The van der Waals surface area contributed by atoms with E-state index in [2.05, 4.69) is 37.6 Å². The number of hydrogen-bond donors (Lipinski definition) is 1. The van der Waals surface area contributed by atoms with Crippen molar-refractivity contribution in [3.05, 3.63) is 0 Å². The molecule has 0 aromatic heterocycles. The van der Waals surface area contributed by atoms with Gasteiger partial charge in [-0.15, -0.1) is 0 Å². The van der Waals surface area contributed by atoms with Crippen molar-refractivity contribution in [3.63, 3.8) is 0 Å². The van der Waals surface area contributed by atoms with Gasteiger partial charge in [0.05, 0.1) is 0 Å². The summed E-state index contributed by atoms with van der Waals surface area (Å²) in [5, 5.41) is 9.93. The van der Waals surface area contributed by atoms with E-state index in [1.165, 1.54) is 25.7 Å². The minimum Gasteiger partial charge on any atom is -0.396 e. The van der Waals surface area contributed by atoms with E-state index in [0.717, 1.165) is 32.1 Å². The van der Waals surface area contributed by atoms with E-state index < -0.39 is 0 Å². The van der Waals surface area contributed by atoms with Crippen LogP contribution in [0.25, 0.3) is 0 Å². The number of likely N-dealkylation sites (N-methyl/N-ethyl adjacent to an activating group) is 1. The maximum atomic E-state index is 9.93. The lowest BCUT2D eigenvalue weighted by Gasteiger charge is -2.49. The molecule has 2 rings (SSSR count). The van der Waals surface area contributed by atoms with Gasteiger partial charge in [-0.1, -0.05) is 19.8 Å². The van der Waals surface area contributed by atoms with Crippen LogP contribution in [-0.4, -0.2) is 60.3 Å². The smallest absolute Gasteiger partial charge is 0.0499 e. The summed E-state index contributed by atoms with van der Waals surface area (Å²) >= 11 is 0. The van der Waals surface area contributed by atoms with E-state index in [1.807, 2.05) is 0 Å². The van der Waals surface area contributed by atoms with Crippen LogP contribution in [-0.2, 0) is 0 Å². The monoisotopic (exact) mass is 268 g/mol. The largest absolute Gasteiger partial charge is 0.396 e. The lowest BCUT2D eigenvalue weighted by atomic mass is 9.70. The van der Waals surface area contributed by atoms with Gasteiger partial charge in [-0.25, -0.2) is 0 Å². The van der Waals surface area contributed by atoms with Crippen LogP contribution >= 0.6 is 0 Å². The Labute approximate surface area is 119 Å². The predicted octanol–water partition coefficient (Wildman–Crippen LogP) is 2.20. The van der Waals surface area contributed by atoms with E-state index >= 15 is 0 Å². The molecule has 3 heteroatoms. The summed E-state index contributed by atoms with van der Waals surface area (Å²) in [4.78, 5) is 5.05. The molecule has 3 nitrogen and oxygen atoms in total. The van der Waals surface area contributed by atoms with Crippen molar-refractivity contribution < 1.29 is 5.11 Å². The Morgan fingerprint density at radius 1 is 1.26 bits per heavy atom. The maximum absolute atomic E-state index is 9.93. The maximum Gasteiger partial charge on any atom is 0.0499 e. The van der Waals surface area contributed by atoms with Crippen molar-refractivity contribution >= 4 is 0 Å². The zero-order valence-electron chi connectivity index (χ0n) is 13.3. The van der Waals surface area contributed by atoms with Crippen molar-refractivity contribution in [1.82, 2.24) is 9.80 Å². The average Bonchev–Trinajstić information content (AvgIpc) is 2.33. The van der Waals surface area contributed by atoms with Gasteiger partial charge >= 0.3 is 0 Å². The molecular weight excluding hydrogens is 236 g/mol. The van der Waals surface area contributed by atoms with Crippen LogP contribution in [0.4, 0.5) is 0 Å². The number of hydrogen-bond acceptors (Lipinski definition) is 3. The highest BCUT2D eigenvalue weighted by atomic mass is 16.3. The minimum atomic E-state index is 0.170. The molecule has 0 spiro atoms. The highest BCUT2D eigenvalue weighted by Gasteiger charge is 2.39. The van der Waals surface area contributed by atoms with Gasteiger partial charge in [0.25, 0.3) is 0 Å². The molecule has 1 saturated heterocycles. The Morgan fingerprint density at radius 2 is 2.00 bits per heavy atom. The minimum absolute atomic E-state index is 0.170. The van der Waals surface area contributed by atoms with Gasteiger partial charge in [-0.05, 0) is 39.7 Å². The molecule has 0 aromatic carbocycles. The molecule has 2 fully saturated rings. The summed E-state index contributed by atoms with van der Waals surface area (Å²) in [5.74, 6) is 0.779. The SMILES string of the molecule is CC1CCCC(CO)(CN2CCN(C)C(C)(C)C2)C1. The van der Waals surface area contributed by atoms with Gasteiger partial charge in [0.1, 0.15) is 0 Å². The molecule has 0 amide bonds. The number of rotatable bonds is 3. The second-order valence-electron chi connectivity index (χ2n) is 7.80. The third-order valence-corrected chi connectivity index (χ3v) is 5.48. The van der Waals surface area contributed by atoms with E-state index in [0.29, 0.717) is 6.61 Å². The molecule has 0 radical (unpaired) electrons. The molecule has 0 aromatic rings. The number of aliphatic hydroxyl groups is 1. The van der Waals surface area contributed by atoms with Gasteiger partial charge in [0, 0.05) is 43.7 Å². The van der Waals surface area contributed by atoms with Crippen molar-refractivity contribution in [2.45, 2.75) is 52.0 Å². The lowest BCUT2D eigenvalue weighted by Crippen LogP contribution is -2.59. The fourth-order valence-electron chi connectivity index (χ4n) is 4.06. The molecule has 2 unspecified atom stereocenters. The normalized spacial score (nSPS) is 37.4. The summed E-state index contributed by atoms with van der Waals surface area (Å²) < 4.78 is 0. The van der Waals surface area contributed by atoms with Crippen LogP contribution in [0.3, 0.4) is 0 Å². The first-order valence-electron chi connectivity index (χ1n) is 7.91. The van der Waals surface area contributed by atoms with Gasteiger partial charge in [0.2, 0.25) is 0 Å². The second-order valence-corrected chi connectivity index (χ2v) is 7.80. The molecule has 2 atom stereocenters. The standard InChI is InChI=1S/C16H32N2O/c1-14-6-5-7-16(10-14,13-19)12-18-9-8-17(4)15(2,3)11-18/h14,19H,5-13H2,1-4H3. The fraction of sp³-hybridized carbons (Fsp3) is 1.00. The van der Waals surface area contributed by atoms with Crippen LogP contribution in [0.1, 0.15) is 46.5 Å². The summed E-state index contributed by atoms with van der Waals surface area (Å²) in [6.07, 6.45) is 5.05. The molecule has 2 aliphatic rings. The topological polar surface area (TPSA) is 26.7 Å². The van der Waals surface area contributed by atoms with Gasteiger partial charge in [0.15, 0.2) is 0 Å². The molecular formula is C16H32N2O. The summed E-state index contributed by atoms with van der Waals surface area (Å²) in [6.45, 7) is 11.9. The first-order chi connectivity index (χ1) is 8.87. The Balaban J connectivity index is 1.99. The van der Waals surface area contributed by atoms with Crippen LogP contribution < -0.4 is 0 Å². The highest BCUT2D eigenvalue weighted by molar-refractivity contribution is 4.93. The molecule has 1 aliphatic carbocycles. The third-order valence-electron chi connectivity index (χ3n) is 5.48. The van der Waals surface area contributed by atoms with Crippen LogP contribution in [0.15, 0.2) is 0 Å². The lowest BCUT2D eigenvalue weighted by molar-refractivity contribution is -0.0203. The Kier molecular flexibility index (Phi) is 4.59. The van der Waals surface area contributed by atoms with E-state index in [-0.39, 0.29) is 11.0 Å².